The molecule has 1 aromatic carbocycles. The summed E-state index contributed by atoms with van der Waals surface area (Å²) in [6.45, 7) is 4.14. The summed E-state index contributed by atoms with van der Waals surface area (Å²) in [5.41, 5.74) is 0.497. The van der Waals surface area contributed by atoms with Gasteiger partial charge in [0.2, 0.25) is 10.0 Å². The van der Waals surface area contributed by atoms with Crippen molar-refractivity contribution >= 4 is 21.7 Å². The molecule has 0 bridgehead atoms. The number of hydrogen-bond acceptors (Lipinski definition) is 6. The largest absolute Gasteiger partial charge is 0.379 e. The number of piperazine rings is 1. The Hall–Kier alpha value is -2.49. The maximum atomic E-state index is 12.8. The molecule has 2 fully saturated rings. The zero-order valence-electron chi connectivity index (χ0n) is 16.1. The first-order valence-corrected chi connectivity index (χ1v) is 11.1. The van der Waals surface area contributed by atoms with Gasteiger partial charge < -0.3 is 14.5 Å². The molecular weight excluding hydrogens is 392 g/mol. The summed E-state index contributed by atoms with van der Waals surface area (Å²) in [5, 5.41) is 0. The first-order valence-electron chi connectivity index (χ1n) is 9.69. The van der Waals surface area contributed by atoms with E-state index in [1.807, 2.05) is 18.2 Å². The molecule has 154 valence electrons. The molecule has 29 heavy (non-hydrogen) atoms. The molecule has 0 aliphatic carbocycles. The molecule has 0 spiro atoms. The van der Waals surface area contributed by atoms with E-state index in [1.165, 1.54) is 16.4 Å². The molecule has 2 aliphatic heterocycles. The Labute approximate surface area is 170 Å². The van der Waals surface area contributed by atoms with E-state index in [4.69, 9.17) is 4.74 Å². The third kappa shape index (κ3) is 4.26. The number of nitrogens with zero attached hydrogens (tertiary/aromatic N) is 4. The number of benzene rings is 1. The smallest absolute Gasteiger partial charge is 0.253 e. The number of pyridine rings is 1. The Morgan fingerprint density at radius 3 is 2.21 bits per heavy atom. The highest BCUT2D eigenvalue weighted by Crippen LogP contribution is 2.19. The fourth-order valence-electron chi connectivity index (χ4n) is 3.57. The van der Waals surface area contributed by atoms with Crippen molar-refractivity contribution in [1.82, 2.24) is 14.2 Å². The van der Waals surface area contributed by atoms with Gasteiger partial charge in [0.15, 0.2) is 0 Å². The first kappa shape index (κ1) is 19.8. The fourth-order valence-corrected chi connectivity index (χ4v) is 4.98. The SMILES string of the molecule is O=C(c1ccc(S(=O)(=O)N2CCOCC2)cc1)N1CCN(c2ccccn2)CC1. The summed E-state index contributed by atoms with van der Waals surface area (Å²) in [5.74, 6) is 0.832. The highest BCUT2D eigenvalue weighted by Gasteiger charge is 2.27. The van der Waals surface area contributed by atoms with Gasteiger partial charge in [-0.15, -0.1) is 0 Å². The van der Waals surface area contributed by atoms with Crippen LogP contribution in [0.15, 0.2) is 53.6 Å². The molecule has 2 aromatic rings. The van der Waals surface area contributed by atoms with Crippen LogP contribution in [0.1, 0.15) is 10.4 Å². The average molecular weight is 417 g/mol. The van der Waals surface area contributed by atoms with Gasteiger partial charge in [-0.2, -0.15) is 4.31 Å². The molecule has 3 heterocycles. The van der Waals surface area contributed by atoms with Crippen molar-refractivity contribution in [2.75, 3.05) is 57.4 Å². The van der Waals surface area contributed by atoms with Crippen LogP contribution in [-0.4, -0.2) is 81.0 Å². The lowest BCUT2D eigenvalue weighted by Gasteiger charge is -2.35. The minimum absolute atomic E-state index is 0.0824. The van der Waals surface area contributed by atoms with Crippen LogP contribution in [-0.2, 0) is 14.8 Å². The second kappa shape index (κ2) is 8.48. The Bertz CT molecular complexity index is 936. The van der Waals surface area contributed by atoms with Crippen molar-refractivity contribution < 1.29 is 17.9 Å². The summed E-state index contributed by atoms with van der Waals surface area (Å²) in [6, 6.07) is 12.0. The number of ether oxygens (including phenoxy) is 1. The van der Waals surface area contributed by atoms with E-state index in [1.54, 1.807) is 23.2 Å². The molecule has 0 N–H and O–H groups in total. The van der Waals surface area contributed by atoms with E-state index in [-0.39, 0.29) is 10.8 Å². The molecule has 2 aliphatic rings. The van der Waals surface area contributed by atoms with Gasteiger partial charge in [0.25, 0.3) is 5.91 Å². The van der Waals surface area contributed by atoms with E-state index >= 15 is 0 Å². The van der Waals surface area contributed by atoms with Crippen LogP contribution < -0.4 is 4.90 Å². The van der Waals surface area contributed by atoms with Gasteiger partial charge in [-0.3, -0.25) is 4.79 Å². The predicted octanol–water partition coefficient (Wildman–Crippen LogP) is 1.06. The zero-order chi connectivity index (χ0) is 20.3. The summed E-state index contributed by atoms with van der Waals surface area (Å²) in [6.07, 6.45) is 1.76. The predicted molar refractivity (Wildman–Crippen MR) is 108 cm³/mol. The standard InChI is InChI=1S/C20H24N4O4S/c25-20(23-11-9-22(10-12-23)19-3-1-2-8-21-19)17-4-6-18(7-5-17)29(26,27)24-13-15-28-16-14-24/h1-8H,9-16H2. The monoisotopic (exact) mass is 416 g/mol. The van der Waals surface area contributed by atoms with E-state index in [0.717, 1.165) is 5.82 Å². The Morgan fingerprint density at radius 1 is 0.897 bits per heavy atom. The van der Waals surface area contributed by atoms with Crippen LogP contribution in [0.4, 0.5) is 5.82 Å². The fraction of sp³-hybridized carbons (Fsp3) is 0.400. The number of morpholine rings is 1. The van der Waals surface area contributed by atoms with Gasteiger partial charge in [0.1, 0.15) is 5.82 Å². The van der Waals surface area contributed by atoms with Crippen molar-refractivity contribution in [3.8, 4) is 0 Å². The van der Waals surface area contributed by atoms with Crippen LogP contribution in [0.25, 0.3) is 0 Å². The second-order valence-electron chi connectivity index (χ2n) is 7.01. The molecule has 4 rings (SSSR count). The topological polar surface area (TPSA) is 83.0 Å². The number of amides is 1. The number of anilines is 1. The Kier molecular flexibility index (Phi) is 5.79. The van der Waals surface area contributed by atoms with Crippen molar-refractivity contribution in [3.05, 3.63) is 54.2 Å². The lowest BCUT2D eigenvalue weighted by atomic mass is 10.2. The third-order valence-electron chi connectivity index (χ3n) is 5.25. The first-order chi connectivity index (χ1) is 14.1. The Morgan fingerprint density at radius 2 is 1.59 bits per heavy atom. The normalized spacial score (nSPS) is 18.6. The van der Waals surface area contributed by atoms with Gasteiger partial charge in [-0.25, -0.2) is 13.4 Å². The number of hydrogen-bond donors (Lipinski definition) is 0. The van der Waals surface area contributed by atoms with Crippen LogP contribution >= 0.6 is 0 Å². The lowest BCUT2D eigenvalue weighted by Crippen LogP contribution is -2.49. The number of carbonyl (C=O) groups excluding carboxylic acids is 1. The quantitative estimate of drug-likeness (QED) is 0.741. The van der Waals surface area contributed by atoms with E-state index in [0.29, 0.717) is 58.0 Å². The molecular formula is C20H24N4O4S. The molecule has 1 aromatic heterocycles. The van der Waals surface area contributed by atoms with Crippen molar-refractivity contribution in [2.45, 2.75) is 4.90 Å². The average Bonchev–Trinajstić information content (AvgIpc) is 2.80. The molecule has 9 heteroatoms. The van der Waals surface area contributed by atoms with Crippen LogP contribution in [0, 0.1) is 0 Å². The molecule has 1 amide bonds. The number of rotatable bonds is 4. The minimum Gasteiger partial charge on any atom is -0.379 e. The highest BCUT2D eigenvalue weighted by atomic mass is 32.2. The van der Waals surface area contributed by atoms with Crippen LogP contribution in [0.2, 0.25) is 0 Å². The van der Waals surface area contributed by atoms with Crippen molar-refractivity contribution in [2.24, 2.45) is 0 Å². The molecule has 2 saturated heterocycles. The van der Waals surface area contributed by atoms with Crippen LogP contribution in [0.5, 0.6) is 0 Å². The molecule has 8 nitrogen and oxygen atoms in total. The van der Waals surface area contributed by atoms with Crippen LogP contribution in [0.3, 0.4) is 0 Å². The van der Waals surface area contributed by atoms with E-state index in [2.05, 4.69) is 9.88 Å². The van der Waals surface area contributed by atoms with Gasteiger partial charge in [0.05, 0.1) is 18.1 Å². The number of aromatic nitrogens is 1. The number of carbonyl (C=O) groups is 1. The summed E-state index contributed by atoms with van der Waals surface area (Å²) < 4.78 is 32.1. The Balaban J connectivity index is 1.40. The summed E-state index contributed by atoms with van der Waals surface area (Å²) in [7, 11) is -3.55. The highest BCUT2D eigenvalue weighted by molar-refractivity contribution is 7.89. The van der Waals surface area contributed by atoms with E-state index in [9.17, 15) is 13.2 Å². The summed E-state index contributed by atoms with van der Waals surface area (Å²) >= 11 is 0. The molecule has 0 atom stereocenters. The van der Waals surface area contributed by atoms with Gasteiger partial charge in [-0.1, -0.05) is 6.07 Å². The molecule has 0 radical (unpaired) electrons. The molecule has 0 saturated carbocycles. The van der Waals surface area contributed by atoms with E-state index < -0.39 is 10.0 Å². The van der Waals surface area contributed by atoms with Crippen molar-refractivity contribution in [1.29, 1.82) is 0 Å². The van der Waals surface area contributed by atoms with Crippen molar-refractivity contribution in [3.63, 3.8) is 0 Å². The maximum Gasteiger partial charge on any atom is 0.253 e. The number of sulfonamides is 1. The molecule has 0 unspecified atom stereocenters. The van der Waals surface area contributed by atoms with Gasteiger partial charge >= 0.3 is 0 Å². The second-order valence-corrected chi connectivity index (χ2v) is 8.95. The van der Waals surface area contributed by atoms with Gasteiger partial charge in [0, 0.05) is 51.0 Å². The van der Waals surface area contributed by atoms with Gasteiger partial charge in [-0.05, 0) is 36.4 Å². The maximum absolute atomic E-state index is 12.8. The zero-order valence-corrected chi connectivity index (χ0v) is 16.9. The lowest BCUT2D eigenvalue weighted by molar-refractivity contribution is 0.0730. The minimum atomic E-state index is -3.55. The summed E-state index contributed by atoms with van der Waals surface area (Å²) in [4.78, 5) is 21.3. The third-order valence-corrected chi connectivity index (χ3v) is 7.16.